The van der Waals surface area contributed by atoms with Crippen LogP contribution in [0.2, 0.25) is 0 Å². The Labute approximate surface area is 183 Å². The SMILES string of the molecule is COc1ccc([C@H](OC(=O)Nc2ccc3c(c2)OCO3)[C@H](/C=C/C(=O)NO)OC)cc1O. The molecule has 2 aromatic carbocycles. The molecule has 32 heavy (non-hydrogen) atoms. The fourth-order valence-electron chi connectivity index (χ4n) is 2.97. The molecule has 2 atom stereocenters. The molecule has 0 fully saturated rings. The molecule has 11 nitrogen and oxygen atoms in total. The lowest BCUT2D eigenvalue weighted by molar-refractivity contribution is -0.124. The molecule has 0 unspecified atom stereocenters. The Morgan fingerprint density at radius 2 is 1.91 bits per heavy atom. The first-order valence-corrected chi connectivity index (χ1v) is 9.34. The molecule has 2 amide bonds. The van der Waals surface area contributed by atoms with E-state index < -0.39 is 24.2 Å². The Balaban J connectivity index is 1.83. The number of carbonyl (C=O) groups excluding carboxylic acids is 2. The van der Waals surface area contributed by atoms with E-state index in [1.807, 2.05) is 0 Å². The molecule has 3 rings (SSSR count). The third kappa shape index (κ3) is 5.39. The van der Waals surface area contributed by atoms with Crippen molar-refractivity contribution in [3.63, 3.8) is 0 Å². The summed E-state index contributed by atoms with van der Waals surface area (Å²) < 4.78 is 26.5. The second-order valence-electron chi connectivity index (χ2n) is 6.49. The molecule has 2 aromatic rings. The number of hydrogen-bond acceptors (Lipinski definition) is 9. The van der Waals surface area contributed by atoms with Crippen molar-refractivity contribution in [2.75, 3.05) is 26.3 Å². The van der Waals surface area contributed by atoms with E-state index in [2.05, 4.69) is 5.32 Å². The molecule has 0 radical (unpaired) electrons. The van der Waals surface area contributed by atoms with Crippen LogP contribution >= 0.6 is 0 Å². The van der Waals surface area contributed by atoms with Gasteiger partial charge >= 0.3 is 6.09 Å². The van der Waals surface area contributed by atoms with E-state index in [1.54, 1.807) is 24.3 Å². The summed E-state index contributed by atoms with van der Waals surface area (Å²) in [5.41, 5.74) is 2.23. The average molecular weight is 446 g/mol. The number of benzene rings is 2. The number of carbonyl (C=O) groups is 2. The van der Waals surface area contributed by atoms with Crippen LogP contribution in [0.15, 0.2) is 48.6 Å². The minimum atomic E-state index is -1.08. The molecule has 0 saturated heterocycles. The number of phenolic OH excluding ortho intramolecular Hbond substituents is 1. The summed E-state index contributed by atoms with van der Waals surface area (Å²) in [7, 11) is 2.75. The third-order valence-electron chi connectivity index (χ3n) is 4.50. The van der Waals surface area contributed by atoms with E-state index in [4.69, 9.17) is 28.9 Å². The van der Waals surface area contributed by atoms with Gasteiger partial charge < -0.3 is 28.8 Å². The first-order chi connectivity index (χ1) is 15.4. The molecule has 0 saturated carbocycles. The number of anilines is 1. The molecule has 0 bridgehead atoms. The fraction of sp³-hybridized carbons (Fsp3) is 0.238. The van der Waals surface area contributed by atoms with E-state index in [-0.39, 0.29) is 18.3 Å². The zero-order valence-electron chi connectivity index (χ0n) is 17.2. The minimum absolute atomic E-state index is 0.0928. The van der Waals surface area contributed by atoms with E-state index >= 15 is 0 Å². The van der Waals surface area contributed by atoms with Gasteiger partial charge in [0, 0.05) is 24.9 Å². The first-order valence-electron chi connectivity index (χ1n) is 9.34. The van der Waals surface area contributed by atoms with Crippen LogP contribution in [0.3, 0.4) is 0 Å². The van der Waals surface area contributed by atoms with Gasteiger partial charge in [-0.05, 0) is 35.9 Å². The number of methoxy groups -OCH3 is 2. The van der Waals surface area contributed by atoms with E-state index in [0.717, 1.165) is 6.08 Å². The van der Waals surface area contributed by atoms with E-state index in [1.165, 1.54) is 37.9 Å². The van der Waals surface area contributed by atoms with Gasteiger partial charge in [-0.25, -0.2) is 10.3 Å². The highest BCUT2D eigenvalue weighted by Crippen LogP contribution is 2.35. The maximum Gasteiger partial charge on any atom is 0.412 e. The molecule has 1 aliphatic rings. The number of hydrogen-bond donors (Lipinski definition) is 4. The lowest BCUT2D eigenvalue weighted by atomic mass is 10.0. The molecular formula is C21H22N2O9. The normalized spacial score (nSPS) is 14.0. The second kappa shape index (κ2) is 10.4. The highest BCUT2D eigenvalue weighted by atomic mass is 16.7. The van der Waals surface area contributed by atoms with E-state index in [0.29, 0.717) is 22.7 Å². The topological polar surface area (TPSA) is 145 Å². The molecular weight excluding hydrogens is 424 g/mol. The summed E-state index contributed by atoms with van der Waals surface area (Å²) in [6, 6.07) is 9.25. The molecule has 170 valence electrons. The Morgan fingerprint density at radius 3 is 2.59 bits per heavy atom. The number of rotatable bonds is 8. The highest BCUT2D eigenvalue weighted by Gasteiger charge is 2.27. The van der Waals surface area contributed by atoms with Crippen molar-refractivity contribution in [1.29, 1.82) is 0 Å². The largest absolute Gasteiger partial charge is 0.504 e. The van der Waals surface area contributed by atoms with Gasteiger partial charge in [0.1, 0.15) is 6.10 Å². The van der Waals surface area contributed by atoms with Gasteiger partial charge in [0.15, 0.2) is 29.1 Å². The van der Waals surface area contributed by atoms with Crippen molar-refractivity contribution >= 4 is 17.7 Å². The molecule has 4 N–H and O–H groups in total. The number of hydroxylamine groups is 1. The highest BCUT2D eigenvalue weighted by molar-refractivity contribution is 5.87. The molecule has 0 aliphatic carbocycles. The van der Waals surface area contributed by atoms with Crippen molar-refractivity contribution in [3.8, 4) is 23.0 Å². The van der Waals surface area contributed by atoms with Gasteiger partial charge in [-0.3, -0.25) is 15.3 Å². The van der Waals surface area contributed by atoms with Crippen LogP contribution in [0.1, 0.15) is 11.7 Å². The Kier molecular flexibility index (Phi) is 7.37. The summed E-state index contributed by atoms with van der Waals surface area (Å²) in [6.07, 6.45) is -0.531. The standard InChI is InChI=1S/C21H22N2O9/c1-28-15-5-3-12(9-14(15)24)20(17(29-2)7-8-19(25)23-27)32-21(26)22-13-4-6-16-18(10-13)31-11-30-16/h3-10,17,20,24,27H,11H2,1-2H3,(H,22,26)(H,23,25)/b8-7+/t17-,20-/m0/s1. The molecule has 0 spiro atoms. The molecule has 0 aromatic heterocycles. The summed E-state index contributed by atoms with van der Waals surface area (Å²) in [5, 5.41) is 21.4. The third-order valence-corrected chi connectivity index (χ3v) is 4.50. The zero-order valence-corrected chi connectivity index (χ0v) is 17.2. The zero-order chi connectivity index (χ0) is 23.1. The number of ether oxygens (including phenoxy) is 5. The Hall–Kier alpha value is -3.96. The monoisotopic (exact) mass is 446 g/mol. The van der Waals surface area contributed by atoms with Gasteiger partial charge in [0.05, 0.1) is 7.11 Å². The van der Waals surface area contributed by atoms with Crippen LogP contribution in [0.5, 0.6) is 23.0 Å². The van der Waals surface area contributed by atoms with Crippen molar-refractivity contribution in [3.05, 3.63) is 54.1 Å². The quantitative estimate of drug-likeness (QED) is 0.273. The van der Waals surface area contributed by atoms with Crippen LogP contribution in [0.4, 0.5) is 10.5 Å². The van der Waals surface area contributed by atoms with Crippen LogP contribution < -0.4 is 25.0 Å². The smallest absolute Gasteiger partial charge is 0.412 e. The number of amides is 2. The predicted molar refractivity (Wildman–Crippen MR) is 110 cm³/mol. The summed E-state index contributed by atoms with van der Waals surface area (Å²) >= 11 is 0. The second-order valence-corrected chi connectivity index (χ2v) is 6.49. The maximum absolute atomic E-state index is 12.6. The van der Waals surface area contributed by atoms with Gasteiger partial charge in [0.25, 0.3) is 5.91 Å². The summed E-state index contributed by atoms with van der Waals surface area (Å²) in [5.74, 6) is 0.283. The van der Waals surface area contributed by atoms with Gasteiger partial charge in [0.2, 0.25) is 6.79 Å². The number of fused-ring (bicyclic) bond motifs is 1. The van der Waals surface area contributed by atoms with Crippen LogP contribution in [-0.4, -0.2) is 49.4 Å². The maximum atomic E-state index is 12.6. The van der Waals surface area contributed by atoms with Crippen molar-refractivity contribution in [2.45, 2.75) is 12.2 Å². The fourth-order valence-corrected chi connectivity index (χ4v) is 2.97. The van der Waals surface area contributed by atoms with Crippen LogP contribution in [-0.2, 0) is 14.3 Å². The lowest BCUT2D eigenvalue weighted by Crippen LogP contribution is -2.27. The van der Waals surface area contributed by atoms with Crippen molar-refractivity contribution < 1.29 is 43.6 Å². The van der Waals surface area contributed by atoms with Crippen LogP contribution in [0.25, 0.3) is 0 Å². The van der Waals surface area contributed by atoms with E-state index in [9.17, 15) is 14.7 Å². The Morgan fingerprint density at radius 1 is 1.12 bits per heavy atom. The van der Waals surface area contributed by atoms with Gasteiger partial charge in [-0.15, -0.1) is 0 Å². The number of phenols is 1. The lowest BCUT2D eigenvalue weighted by Gasteiger charge is -2.25. The Bertz CT molecular complexity index is 1010. The summed E-state index contributed by atoms with van der Waals surface area (Å²) in [6.45, 7) is 0.0928. The van der Waals surface area contributed by atoms with Gasteiger partial charge in [-0.1, -0.05) is 6.07 Å². The molecule has 11 heteroatoms. The van der Waals surface area contributed by atoms with Crippen molar-refractivity contribution in [1.82, 2.24) is 5.48 Å². The summed E-state index contributed by atoms with van der Waals surface area (Å²) in [4.78, 5) is 24.0. The minimum Gasteiger partial charge on any atom is -0.504 e. The predicted octanol–water partition coefficient (Wildman–Crippen LogP) is 2.50. The number of aromatic hydroxyl groups is 1. The average Bonchev–Trinajstić information content (AvgIpc) is 3.26. The van der Waals surface area contributed by atoms with Crippen LogP contribution in [0, 0.1) is 0 Å². The van der Waals surface area contributed by atoms with Gasteiger partial charge in [-0.2, -0.15) is 0 Å². The number of nitrogens with one attached hydrogen (secondary N) is 2. The van der Waals surface area contributed by atoms with Crippen molar-refractivity contribution in [2.24, 2.45) is 0 Å². The first kappa shape index (κ1) is 22.7. The molecule has 1 heterocycles. The molecule has 1 aliphatic heterocycles.